The Morgan fingerprint density at radius 1 is 0.706 bits per heavy atom. The number of hydrogen-bond donors (Lipinski definition) is 0. The van der Waals surface area contributed by atoms with Crippen molar-refractivity contribution in [3.8, 4) is 0 Å². The molecule has 0 saturated heterocycles. The second kappa shape index (κ2) is 17.9. The van der Waals surface area contributed by atoms with E-state index in [0.717, 1.165) is 0 Å². The van der Waals surface area contributed by atoms with Crippen LogP contribution in [0.3, 0.4) is 0 Å². The van der Waals surface area contributed by atoms with Crippen molar-refractivity contribution in [1.29, 1.82) is 0 Å². The van der Waals surface area contributed by atoms with Crippen molar-refractivity contribution in [1.82, 2.24) is 0 Å². The molecule has 0 unspecified atom stereocenters. The molecule has 0 aromatic heterocycles. The topological polar surface area (TPSA) is 0 Å². The SMILES string of the molecule is CCC[CH2][Sn]([CH2]CCC)[CH2]CCC.Cl[SiH](Cl)Cl. The predicted octanol–water partition coefficient (Wildman–Crippen LogP) is 6.30. The maximum Gasteiger partial charge on any atom is 0.326 e. The predicted molar refractivity (Wildman–Crippen MR) is 89.6 cm³/mol. The third kappa shape index (κ3) is 23.4. The first-order valence-corrected chi connectivity index (χ1v) is 18.1. The van der Waals surface area contributed by atoms with Crippen LogP contribution in [0.5, 0.6) is 0 Å². The second-order valence-corrected chi connectivity index (χ2v) is 19.3. The Hall–Kier alpha value is 1.89. The van der Waals surface area contributed by atoms with Crippen molar-refractivity contribution >= 4 is 59.7 Å². The fourth-order valence-electron chi connectivity index (χ4n) is 1.66. The van der Waals surface area contributed by atoms with Gasteiger partial charge in [-0.25, -0.2) is 0 Å². The van der Waals surface area contributed by atoms with Gasteiger partial charge in [-0.3, -0.25) is 0 Å². The molecule has 0 saturated carbocycles. The maximum absolute atomic E-state index is 4.94. The first-order chi connectivity index (χ1) is 8.08. The fourth-order valence-corrected chi connectivity index (χ4v) is 11.1. The van der Waals surface area contributed by atoms with Crippen LogP contribution in [0.15, 0.2) is 0 Å². The molecule has 0 aromatic carbocycles. The van der Waals surface area contributed by atoms with Gasteiger partial charge in [-0.1, -0.05) is 0 Å². The summed E-state index contributed by atoms with van der Waals surface area (Å²) in [5, 5.41) is 0. The molecule has 17 heavy (non-hydrogen) atoms. The summed E-state index contributed by atoms with van der Waals surface area (Å²) in [6.07, 6.45) is 8.85. The Morgan fingerprint density at radius 2 is 0.941 bits per heavy atom. The summed E-state index contributed by atoms with van der Waals surface area (Å²) in [5.74, 6) is 0. The molecule has 105 valence electrons. The Morgan fingerprint density at radius 3 is 1.12 bits per heavy atom. The van der Waals surface area contributed by atoms with E-state index in [9.17, 15) is 0 Å². The molecular formula is C12H28Cl3SiSn. The van der Waals surface area contributed by atoms with Crippen LogP contribution in [0.1, 0.15) is 59.3 Å². The number of rotatable bonds is 9. The summed E-state index contributed by atoms with van der Waals surface area (Å²) in [6, 6.07) is 0. The van der Waals surface area contributed by atoms with Gasteiger partial charge in [0.05, 0.1) is 0 Å². The van der Waals surface area contributed by atoms with Crippen molar-refractivity contribution in [3.05, 3.63) is 0 Å². The molecule has 1 radical (unpaired) electrons. The minimum Gasteiger partial charge on any atom is -0.130 e. The molecule has 0 nitrogen and oxygen atoms in total. The molecule has 0 aliphatic carbocycles. The molecule has 0 aliphatic heterocycles. The number of hydrogen-bond acceptors (Lipinski definition) is 0. The molecule has 0 aromatic rings. The van der Waals surface area contributed by atoms with Gasteiger partial charge in [-0.15, -0.1) is 33.2 Å². The summed E-state index contributed by atoms with van der Waals surface area (Å²) in [4.78, 5) is 0. The Kier molecular flexibility index (Phi) is 22.3. The summed E-state index contributed by atoms with van der Waals surface area (Å²) >= 11 is 14.0. The molecule has 0 spiro atoms. The van der Waals surface area contributed by atoms with Gasteiger partial charge in [0.1, 0.15) is 0 Å². The summed E-state index contributed by atoms with van der Waals surface area (Å²) in [7, 11) is 0. The smallest absolute Gasteiger partial charge is 0.130 e. The van der Waals surface area contributed by atoms with E-state index in [1.165, 1.54) is 38.5 Å². The third-order valence-electron chi connectivity index (χ3n) is 2.65. The third-order valence-corrected chi connectivity index (χ3v) is 11.7. The summed E-state index contributed by atoms with van der Waals surface area (Å²) < 4.78 is 5.04. The molecule has 0 bridgehead atoms. The van der Waals surface area contributed by atoms with E-state index in [4.69, 9.17) is 33.2 Å². The quantitative estimate of drug-likeness (QED) is 0.300. The van der Waals surface area contributed by atoms with Gasteiger partial charge in [-0.05, 0) is 0 Å². The Labute approximate surface area is 131 Å². The van der Waals surface area contributed by atoms with Gasteiger partial charge in [0, 0.05) is 0 Å². The van der Waals surface area contributed by atoms with Gasteiger partial charge in [-0.2, -0.15) is 0 Å². The van der Waals surface area contributed by atoms with Crippen molar-refractivity contribution in [2.45, 2.75) is 72.6 Å². The minimum absolute atomic E-state index is 0.839. The first-order valence-electron chi connectivity index (χ1n) is 6.84. The molecule has 0 atom stereocenters. The monoisotopic (exact) mass is 425 g/mol. The molecule has 0 heterocycles. The van der Waals surface area contributed by atoms with E-state index in [1.807, 2.05) is 0 Å². The van der Waals surface area contributed by atoms with E-state index >= 15 is 0 Å². The number of unbranched alkanes of at least 4 members (excludes halogenated alkanes) is 3. The van der Waals surface area contributed by atoms with Gasteiger partial charge in [0.25, 0.3) is 0 Å². The Bertz CT molecular complexity index is 115. The van der Waals surface area contributed by atoms with E-state index in [0.29, 0.717) is 0 Å². The summed E-state index contributed by atoms with van der Waals surface area (Å²) in [5.41, 5.74) is 0. The zero-order valence-electron chi connectivity index (χ0n) is 11.6. The van der Waals surface area contributed by atoms with Crippen LogP contribution in [0, 0.1) is 0 Å². The number of halogens is 3. The zero-order valence-corrected chi connectivity index (χ0v) is 17.9. The van der Waals surface area contributed by atoms with Gasteiger partial charge < -0.3 is 0 Å². The van der Waals surface area contributed by atoms with Crippen molar-refractivity contribution < 1.29 is 0 Å². The molecule has 5 heteroatoms. The van der Waals surface area contributed by atoms with Crippen LogP contribution in [0.25, 0.3) is 0 Å². The maximum atomic E-state index is 4.94. The molecular weight excluding hydrogens is 397 g/mol. The molecule has 0 amide bonds. The van der Waals surface area contributed by atoms with Crippen molar-refractivity contribution in [2.24, 2.45) is 0 Å². The van der Waals surface area contributed by atoms with Crippen LogP contribution >= 0.6 is 33.2 Å². The Balaban J connectivity index is 0. The van der Waals surface area contributed by atoms with Crippen LogP contribution in [0.2, 0.25) is 13.3 Å². The first kappa shape index (κ1) is 21.2. The van der Waals surface area contributed by atoms with Crippen LogP contribution in [0.4, 0.5) is 0 Å². The molecule has 0 aliphatic rings. The van der Waals surface area contributed by atoms with E-state index < -0.39 is 26.5 Å². The standard InChI is InChI=1S/3C4H9.Cl3HSi.Sn/c3*1-3-4-2;1-4(2)3;/h3*1,3-4H2,2H3;4H;. The molecule has 0 rings (SSSR count). The van der Waals surface area contributed by atoms with Crippen LogP contribution < -0.4 is 0 Å². The van der Waals surface area contributed by atoms with Crippen LogP contribution in [-0.2, 0) is 0 Å². The minimum atomic E-state index is -1.72. The average Bonchev–Trinajstić information content (AvgIpc) is 2.27. The van der Waals surface area contributed by atoms with Gasteiger partial charge in [0.15, 0.2) is 0 Å². The summed E-state index contributed by atoms with van der Waals surface area (Å²) in [6.45, 7) is 5.28. The van der Waals surface area contributed by atoms with E-state index in [-0.39, 0.29) is 0 Å². The van der Waals surface area contributed by atoms with Gasteiger partial charge >= 0.3 is 99.1 Å². The molecule has 0 N–H and O–H groups in total. The second-order valence-electron chi connectivity index (χ2n) is 4.31. The van der Waals surface area contributed by atoms with Crippen molar-refractivity contribution in [3.63, 3.8) is 0 Å². The largest absolute Gasteiger partial charge is 0.326 e. The average molecular weight is 426 g/mol. The van der Waals surface area contributed by atoms with E-state index in [2.05, 4.69) is 20.8 Å². The van der Waals surface area contributed by atoms with Gasteiger partial charge in [0.2, 0.25) is 0 Å². The van der Waals surface area contributed by atoms with Crippen LogP contribution in [-0.4, -0.2) is 26.5 Å². The van der Waals surface area contributed by atoms with E-state index in [1.54, 1.807) is 13.3 Å². The fraction of sp³-hybridized carbons (Fsp3) is 1.00. The van der Waals surface area contributed by atoms with Crippen molar-refractivity contribution in [2.75, 3.05) is 0 Å². The zero-order chi connectivity index (χ0) is 13.5. The molecule has 0 fully saturated rings. The normalized spacial score (nSPS) is 10.6.